The van der Waals surface area contributed by atoms with E-state index in [0.29, 0.717) is 22.4 Å². The fourth-order valence-electron chi connectivity index (χ4n) is 3.28. The molecule has 0 aromatic carbocycles. The highest BCUT2D eigenvalue weighted by molar-refractivity contribution is 5.96. The molecule has 138 valence electrons. The van der Waals surface area contributed by atoms with Gasteiger partial charge in [-0.1, -0.05) is 31.1 Å². The minimum atomic E-state index is -0.597. The van der Waals surface area contributed by atoms with Crippen LogP contribution in [0, 0.1) is 18.8 Å². The maximum atomic E-state index is 12.8. The van der Waals surface area contributed by atoms with E-state index in [4.69, 9.17) is 5.73 Å². The Balaban J connectivity index is 1.88. The predicted molar refractivity (Wildman–Crippen MR) is 102 cm³/mol. The van der Waals surface area contributed by atoms with Gasteiger partial charge in [0.15, 0.2) is 0 Å². The molecule has 1 aliphatic carbocycles. The molecule has 3 rings (SSSR count). The van der Waals surface area contributed by atoms with Crippen LogP contribution in [0.4, 0.5) is 0 Å². The average Bonchev–Trinajstić information content (AvgIpc) is 2.68. The van der Waals surface area contributed by atoms with Crippen LogP contribution < -0.4 is 11.1 Å². The number of nitrogens with one attached hydrogen (secondary N) is 1. The highest BCUT2D eigenvalue weighted by Gasteiger charge is 2.32. The lowest BCUT2D eigenvalue weighted by Gasteiger charge is -2.33. The average molecular weight is 362 g/mol. The summed E-state index contributed by atoms with van der Waals surface area (Å²) in [5.74, 6) is 5.61. The Morgan fingerprint density at radius 3 is 2.70 bits per heavy atom. The van der Waals surface area contributed by atoms with Crippen molar-refractivity contribution in [2.75, 3.05) is 0 Å². The molecular formula is C21H22N4O2. The minimum absolute atomic E-state index is 0.166. The highest BCUT2D eigenvalue weighted by Crippen LogP contribution is 2.28. The van der Waals surface area contributed by atoms with Gasteiger partial charge in [-0.3, -0.25) is 19.6 Å². The van der Waals surface area contributed by atoms with Crippen molar-refractivity contribution in [3.05, 3.63) is 59.2 Å². The number of nitrogens with two attached hydrogens (primary N) is 1. The van der Waals surface area contributed by atoms with E-state index in [2.05, 4.69) is 27.1 Å². The molecule has 1 fully saturated rings. The highest BCUT2D eigenvalue weighted by atomic mass is 16.2. The molecule has 27 heavy (non-hydrogen) atoms. The number of pyridine rings is 2. The van der Waals surface area contributed by atoms with Crippen molar-refractivity contribution in [1.82, 2.24) is 15.3 Å². The first kappa shape index (κ1) is 18.6. The van der Waals surface area contributed by atoms with Crippen molar-refractivity contribution in [3.8, 4) is 11.8 Å². The molecule has 0 aliphatic heterocycles. The van der Waals surface area contributed by atoms with E-state index in [-0.39, 0.29) is 5.91 Å². The third-order valence-corrected chi connectivity index (χ3v) is 4.78. The van der Waals surface area contributed by atoms with Crippen molar-refractivity contribution in [2.24, 2.45) is 5.73 Å². The van der Waals surface area contributed by atoms with E-state index in [1.54, 1.807) is 30.6 Å². The second kappa shape index (κ2) is 8.00. The molecule has 2 aromatic heterocycles. The summed E-state index contributed by atoms with van der Waals surface area (Å²) in [7, 11) is 0. The van der Waals surface area contributed by atoms with Crippen molar-refractivity contribution in [1.29, 1.82) is 0 Å². The maximum Gasteiger partial charge on any atom is 0.254 e. The molecule has 0 unspecified atom stereocenters. The zero-order valence-electron chi connectivity index (χ0n) is 15.3. The number of rotatable bonds is 3. The summed E-state index contributed by atoms with van der Waals surface area (Å²) < 4.78 is 0. The van der Waals surface area contributed by atoms with E-state index < -0.39 is 11.4 Å². The van der Waals surface area contributed by atoms with Crippen LogP contribution in [0.1, 0.15) is 64.1 Å². The van der Waals surface area contributed by atoms with Crippen molar-refractivity contribution >= 4 is 11.8 Å². The minimum Gasteiger partial charge on any atom is -0.366 e. The fourth-order valence-corrected chi connectivity index (χ4v) is 3.28. The molecule has 0 saturated heterocycles. The number of hydrogen-bond donors (Lipinski definition) is 2. The third kappa shape index (κ3) is 4.50. The Kier molecular flexibility index (Phi) is 5.51. The maximum absolute atomic E-state index is 12.8. The lowest BCUT2D eigenvalue weighted by molar-refractivity contribution is 0.0902. The van der Waals surface area contributed by atoms with Crippen molar-refractivity contribution in [2.45, 2.75) is 44.6 Å². The van der Waals surface area contributed by atoms with Crippen LogP contribution in [0.25, 0.3) is 0 Å². The summed E-state index contributed by atoms with van der Waals surface area (Å²) in [5, 5.41) is 3.13. The first-order valence-electron chi connectivity index (χ1n) is 9.01. The molecule has 1 aliphatic rings. The predicted octanol–water partition coefficient (Wildman–Crippen LogP) is 2.37. The molecule has 0 radical (unpaired) electrons. The lowest BCUT2D eigenvalue weighted by Crippen LogP contribution is -2.49. The molecule has 1 saturated carbocycles. The molecule has 0 spiro atoms. The van der Waals surface area contributed by atoms with E-state index in [0.717, 1.165) is 32.1 Å². The lowest BCUT2D eigenvalue weighted by atomic mass is 9.81. The molecule has 2 heterocycles. The largest absolute Gasteiger partial charge is 0.366 e. The molecule has 2 aromatic rings. The standard InChI is InChI=1S/C21H22N4O2/c1-15-18(6-5-11-24-15)20(27)25-21(8-3-2-4-9-21)10-7-16-12-17(19(22)26)14-23-13-16/h5-6,11-14H,2-4,8-9H2,1H3,(H2,22,26)(H,25,27). The molecule has 0 bridgehead atoms. The van der Waals surface area contributed by atoms with Gasteiger partial charge < -0.3 is 11.1 Å². The van der Waals surface area contributed by atoms with Crippen LogP contribution in [-0.4, -0.2) is 27.3 Å². The number of carbonyl (C=O) groups is 2. The van der Waals surface area contributed by atoms with Crippen molar-refractivity contribution in [3.63, 3.8) is 0 Å². The number of aromatic nitrogens is 2. The van der Waals surface area contributed by atoms with Gasteiger partial charge in [0, 0.05) is 29.8 Å². The Labute approximate surface area is 158 Å². The summed E-state index contributed by atoms with van der Waals surface area (Å²) in [6, 6.07) is 5.13. The number of hydrogen-bond acceptors (Lipinski definition) is 4. The number of nitrogens with zero attached hydrogens (tertiary/aromatic N) is 2. The van der Waals surface area contributed by atoms with Gasteiger partial charge in [0.2, 0.25) is 5.91 Å². The van der Waals surface area contributed by atoms with Crippen LogP contribution in [-0.2, 0) is 0 Å². The number of primary amides is 1. The van der Waals surface area contributed by atoms with Crippen LogP contribution in [0.2, 0.25) is 0 Å². The van der Waals surface area contributed by atoms with Crippen molar-refractivity contribution < 1.29 is 9.59 Å². The summed E-state index contributed by atoms with van der Waals surface area (Å²) in [6.45, 7) is 1.81. The topological polar surface area (TPSA) is 98.0 Å². The Bertz CT molecular complexity index is 921. The molecule has 6 heteroatoms. The number of amides is 2. The second-order valence-corrected chi connectivity index (χ2v) is 6.81. The third-order valence-electron chi connectivity index (χ3n) is 4.78. The van der Waals surface area contributed by atoms with E-state index in [9.17, 15) is 9.59 Å². The van der Waals surface area contributed by atoms with Gasteiger partial charge in [0.05, 0.1) is 11.1 Å². The van der Waals surface area contributed by atoms with Gasteiger partial charge >= 0.3 is 0 Å². The smallest absolute Gasteiger partial charge is 0.254 e. The normalized spacial score (nSPS) is 15.3. The van der Waals surface area contributed by atoms with E-state index in [1.165, 1.54) is 6.20 Å². The van der Waals surface area contributed by atoms with Crippen LogP contribution >= 0.6 is 0 Å². The van der Waals surface area contributed by atoms with Crippen LogP contribution in [0.5, 0.6) is 0 Å². The summed E-state index contributed by atoms with van der Waals surface area (Å²) in [4.78, 5) is 32.3. The molecule has 0 atom stereocenters. The zero-order chi connectivity index (χ0) is 19.3. The summed E-state index contributed by atoms with van der Waals surface area (Å²) >= 11 is 0. The van der Waals surface area contributed by atoms with Gasteiger partial charge in [-0.15, -0.1) is 0 Å². The quantitative estimate of drug-likeness (QED) is 0.819. The number of aryl methyl sites for hydroxylation is 1. The summed E-state index contributed by atoms with van der Waals surface area (Å²) in [6.07, 6.45) is 9.37. The van der Waals surface area contributed by atoms with Gasteiger partial charge in [-0.05, 0) is 38.0 Å². The molecule has 2 amide bonds. The van der Waals surface area contributed by atoms with Gasteiger partial charge in [-0.25, -0.2) is 0 Å². The Hall–Kier alpha value is -3.20. The van der Waals surface area contributed by atoms with Crippen LogP contribution in [0.3, 0.4) is 0 Å². The van der Waals surface area contributed by atoms with E-state index >= 15 is 0 Å². The molecule has 6 nitrogen and oxygen atoms in total. The second-order valence-electron chi connectivity index (χ2n) is 6.81. The van der Waals surface area contributed by atoms with Gasteiger partial charge in [0.25, 0.3) is 5.91 Å². The first-order valence-corrected chi connectivity index (χ1v) is 9.01. The summed E-state index contributed by atoms with van der Waals surface area (Å²) in [5.41, 5.74) is 6.86. The number of carbonyl (C=O) groups excluding carboxylic acids is 2. The molecule has 3 N–H and O–H groups in total. The Morgan fingerprint density at radius 2 is 2.00 bits per heavy atom. The van der Waals surface area contributed by atoms with Gasteiger partial charge in [-0.2, -0.15) is 0 Å². The van der Waals surface area contributed by atoms with Crippen LogP contribution in [0.15, 0.2) is 36.8 Å². The molecular weight excluding hydrogens is 340 g/mol. The SMILES string of the molecule is Cc1ncccc1C(=O)NC1(C#Cc2cncc(C(N)=O)c2)CCCCC1. The first-order chi connectivity index (χ1) is 13.0. The monoisotopic (exact) mass is 362 g/mol. The Morgan fingerprint density at radius 1 is 1.22 bits per heavy atom. The fraction of sp³-hybridized carbons (Fsp3) is 0.333. The zero-order valence-corrected chi connectivity index (χ0v) is 15.3. The van der Waals surface area contributed by atoms with Gasteiger partial charge in [0.1, 0.15) is 5.54 Å². The van der Waals surface area contributed by atoms with E-state index in [1.807, 2.05) is 6.92 Å².